The first-order valence-electron chi connectivity index (χ1n) is 7.80. The summed E-state index contributed by atoms with van der Waals surface area (Å²) in [7, 11) is 0. The molecule has 3 aromatic rings. The molecule has 4 nitrogen and oxygen atoms in total. The second-order valence-corrected chi connectivity index (χ2v) is 5.45. The van der Waals surface area contributed by atoms with Crippen molar-refractivity contribution in [3.05, 3.63) is 96.0 Å². The van der Waals surface area contributed by atoms with Crippen LogP contribution in [0.1, 0.15) is 11.3 Å². The molecular formula is C21H14O4. The van der Waals surface area contributed by atoms with Crippen LogP contribution in [0.25, 0.3) is 11.8 Å². The molecule has 0 atom stereocenters. The summed E-state index contributed by atoms with van der Waals surface area (Å²) in [6.07, 6.45) is 4.92. The van der Waals surface area contributed by atoms with E-state index in [1.54, 1.807) is 30.5 Å². The first-order chi connectivity index (χ1) is 12.3. The van der Waals surface area contributed by atoms with E-state index in [1.807, 2.05) is 54.6 Å². The van der Waals surface area contributed by atoms with E-state index in [0.29, 0.717) is 22.8 Å². The van der Waals surface area contributed by atoms with E-state index >= 15 is 0 Å². The van der Waals surface area contributed by atoms with Crippen molar-refractivity contribution >= 4 is 17.8 Å². The minimum Gasteiger partial charge on any atom is -0.465 e. The summed E-state index contributed by atoms with van der Waals surface area (Å²) in [5.74, 6) is 2.21. The van der Waals surface area contributed by atoms with Crippen LogP contribution in [0.3, 0.4) is 0 Å². The van der Waals surface area contributed by atoms with Crippen molar-refractivity contribution in [1.29, 1.82) is 0 Å². The lowest BCUT2D eigenvalue weighted by Gasteiger charge is -2.06. The van der Waals surface area contributed by atoms with Gasteiger partial charge in [-0.25, -0.2) is 4.79 Å². The second-order valence-electron chi connectivity index (χ2n) is 5.45. The summed E-state index contributed by atoms with van der Waals surface area (Å²) >= 11 is 0. The lowest BCUT2D eigenvalue weighted by molar-refractivity contribution is -0.130. The number of hydrogen-bond donors (Lipinski definition) is 0. The van der Waals surface area contributed by atoms with Crippen molar-refractivity contribution in [2.45, 2.75) is 0 Å². The van der Waals surface area contributed by atoms with Crippen LogP contribution < -0.4 is 4.74 Å². The van der Waals surface area contributed by atoms with Gasteiger partial charge in [0.2, 0.25) is 0 Å². The molecule has 0 saturated heterocycles. The third kappa shape index (κ3) is 3.38. The van der Waals surface area contributed by atoms with E-state index < -0.39 is 5.97 Å². The maximum atomic E-state index is 12.0. The number of hydrogen-bond acceptors (Lipinski definition) is 4. The normalized spacial score (nSPS) is 15.1. The van der Waals surface area contributed by atoms with Crippen molar-refractivity contribution in [2.24, 2.45) is 0 Å². The Balaban J connectivity index is 1.53. The number of cyclic esters (lactones) is 1. The van der Waals surface area contributed by atoms with Crippen LogP contribution in [-0.4, -0.2) is 5.97 Å². The summed E-state index contributed by atoms with van der Waals surface area (Å²) < 4.78 is 16.3. The zero-order chi connectivity index (χ0) is 17.1. The fraction of sp³-hybridized carbons (Fsp3) is 0. The molecule has 0 amide bonds. The predicted octanol–water partition coefficient (Wildman–Crippen LogP) is 5.05. The standard InChI is InChI=1S/C21H14O4/c22-21-16(13-19-7-4-12-23-19)14-20(25-21)15-8-10-18(11-9-15)24-17-5-2-1-3-6-17/h1-14H. The third-order valence-electron chi connectivity index (χ3n) is 3.68. The smallest absolute Gasteiger partial charge is 0.343 e. The Bertz CT molecular complexity index is 933. The minimum absolute atomic E-state index is 0.393. The molecule has 25 heavy (non-hydrogen) atoms. The first-order valence-corrected chi connectivity index (χ1v) is 7.80. The van der Waals surface area contributed by atoms with Gasteiger partial charge < -0.3 is 13.9 Å². The lowest BCUT2D eigenvalue weighted by Crippen LogP contribution is -1.97. The Kier molecular flexibility index (Phi) is 3.92. The van der Waals surface area contributed by atoms with Crippen LogP contribution in [0.2, 0.25) is 0 Å². The topological polar surface area (TPSA) is 48.7 Å². The number of benzene rings is 2. The van der Waals surface area contributed by atoms with E-state index in [0.717, 1.165) is 11.3 Å². The number of furan rings is 1. The quantitative estimate of drug-likeness (QED) is 0.496. The molecule has 0 radical (unpaired) electrons. The average Bonchev–Trinajstić information content (AvgIpc) is 3.27. The minimum atomic E-state index is -0.393. The van der Waals surface area contributed by atoms with Gasteiger partial charge in [0.25, 0.3) is 0 Å². The molecule has 4 heteroatoms. The molecule has 0 unspecified atom stereocenters. The Hall–Kier alpha value is -3.53. The van der Waals surface area contributed by atoms with Gasteiger partial charge in [0.1, 0.15) is 23.0 Å². The molecule has 122 valence electrons. The van der Waals surface area contributed by atoms with Gasteiger partial charge in [0.15, 0.2) is 0 Å². The van der Waals surface area contributed by atoms with Gasteiger partial charge in [0.05, 0.1) is 11.8 Å². The Morgan fingerprint density at radius 1 is 0.840 bits per heavy atom. The lowest BCUT2D eigenvalue weighted by atomic mass is 10.1. The molecule has 1 aromatic heterocycles. The van der Waals surface area contributed by atoms with Crippen molar-refractivity contribution in [1.82, 2.24) is 0 Å². The summed E-state index contributed by atoms with van der Waals surface area (Å²) in [4.78, 5) is 12.0. The van der Waals surface area contributed by atoms with Gasteiger partial charge in [0, 0.05) is 5.56 Å². The van der Waals surface area contributed by atoms with Crippen molar-refractivity contribution < 1.29 is 18.7 Å². The number of carbonyl (C=O) groups is 1. The van der Waals surface area contributed by atoms with Crippen molar-refractivity contribution in [3.8, 4) is 11.5 Å². The molecule has 2 aromatic carbocycles. The molecule has 0 saturated carbocycles. The van der Waals surface area contributed by atoms with Crippen molar-refractivity contribution in [2.75, 3.05) is 0 Å². The summed E-state index contributed by atoms with van der Waals surface area (Å²) in [5, 5.41) is 0. The summed E-state index contributed by atoms with van der Waals surface area (Å²) in [5.41, 5.74) is 1.26. The molecule has 0 spiro atoms. The van der Waals surface area contributed by atoms with E-state index in [2.05, 4.69) is 0 Å². The van der Waals surface area contributed by atoms with Gasteiger partial charge in [-0.3, -0.25) is 0 Å². The molecule has 0 bridgehead atoms. The number of carbonyl (C=O) groups excluding carboxylic acids is 1. The second kappa shape index (κ2) is 6.53. The van der Waals surface area contributed by atoms with Crippen LogP contribution in [0.15, 0.2) is 89.1 Å². The molecule has 0 N–H and O–H groups in total. The van der Waals surface area contributed by atoms with Crippen LogP contribution in [0.4, 0.5) is 0 Å². The number of ether oxygens (including phenoxy) is 2. The van der Waals surface area contributed by atoms with E-state index in [1.165, 1.54) is 0 Å². The fourth-order valence-electron chi connectivity index (χ4n) is 2.47. The molecule has 2 heterocycles. The Labute approximate surface area is 144 Å². The van der Waals surface area contributed by atoms with Gasteiger partial charge >= 0.3 is 5.97 Å². The monoisotopic (exact) mass is 330 g/mol. The SMILES string of the molecule is O=C1OC(c2ccc(Oc3ccccc3)cc2)=CC1=Cc1ccco1. The molecule has 1 aliphatic rings. The van der Waals surface area contributed by atoms with E-state index in [-0.39, 0.29) is 0 Å². The molecular weight excluding hydrogens is 316 g/mol. The highest BCUT2D eigenvalue weighted by Gasteiger charge is 2.22. The molecule has 4 rings (SSSR count). The zero-order valence-electron chi connectivity index (χ0n) is 13.2. The van der Waals surface area contributed by atoms with Crippen LogP contribution >= 0.6 is 0 Å². The Morgan fingerprint density at radius 3 is 2.32 bits per heavy atom. The highest BCUT2D eigenvalue weighted by Crippen LogP contribution is 2.29. The highest BCUT2D eigenvalue weighted by molar-refractivity contribution is 6.04. The van der Waals surface area contributed by atoms with Gasteiger partial charge in [-0.2, -0.15) is 0 Å². The van der Waals surface area contributed by atoms with Crippen molar-refractivity contribution in [3.63, 3.8) is 0 Å². The molecule has 1 aliphatic heterocycles. The molecule has 0 aliphatic carbocycles. The van der Waals surface area contributed by atoms with Gasteiger partial charge in [-0.05, 0) is 60.7 Å². The number of para-hydroxylation sites is 1. The highest BCUT2D eigenvalue weighted by atomic mass is 16.5. The predicted molar refractivity (Wildman–Crippen MR) is 93.7 cm³/mol. The third-order valence-corrected chi connectivity index (χ3v) is 3.68. The number of rotatable bonds is 4. The van der Waals surface area contributed by atoms with E-state index in [4.69, 9.17) is 13.9 Å². The maximum absolute atomic E-state index is 12.0. The van der Waals surface area contributed by atoms with Crippen LogP contribution in [0.5, 0.6) is 11.5 Å². The summed E-state index contributed by atoms with van der Waals surface area (Å²) in [6.45, 7) is 0. The van der Waals surface area contributed by atoms with Crippen LogP contribution in [0, 0.1) is 0 Å². The Morgan fingerprint density at radius 2 is 1.60 bits per heavy atom. The zero-order valence-corrected chi connectivity index (χ0v) is 13.2. The first kappa shape index (κ1) is 15.0. The van der Waals surface area contributed by atoms with Gasteiger partial charge in [-0.15, -0.1) is 0 Å². The fourth-order valence-corrected chi connectivity index (χ4v) is 2.47. The largest absolute Gasteiger partial charge is 0.465 e. The average molecular weight is 330 g/mol. The summed E-state index contributed by atoms with van der Waals surface area (Å²) in [6, 6.07) is 20.5. The van der Waals surface area contributed by atoms with Gasteiger partial charge in [-0.1, -0.05) is 18.2 Å². The molecule has 0 fully saturated rings. The maximum Gasteiger partial charge on any atom is 0.343 e. The number of esters is 1. The van der Waals surface area contributed by atoms with Crippen LogP contribution in [-0.2, 0) is 9.53 Å². The van der Waals surface area contributed by atoms with E-state index in [9.17, 15) is 4.79 Å².